The molecule has 0 saturated carbocycles. The van der Waals surface area contributed by atoms with E-state index in [1.54, 1.807) is 42.5 Å². The smallest absolute Gasteiger partial charge is 0.201 e. The van der Waals surface area contributed by atoms with Crippen molar-refractivity contribution in [3.63, 3.8) is 0 Å². The summed E-state index contributed by atoms with van der Waals surface area (Å²) in [5.74, 6) is -3.53. The topological polar surface area (TPSA) is 9.23 Å². The third kappa shape index (κ3) is 5.34. The van der Waals surface area contributed by atoms with Gasteiger partial charge in [-0.15, -0.1) is 0 Å². The summed E-state index contributed by atoms with van der Waals surface area (Å²) in [7, 11) is 0. The number of hydrogen-bond acceptors (Lipinski definition) is 1. The summed E-state index contributed by atoms with van der Waals surface area (Å²) in [6.07, 6.45) is 9.32. The first-order valence-corrected chi connectivity index (χ1v) is 12.0. The van der Waals surface area contributed by atoms with E-state index in [2.05, 4.69) is 6.92 Å². The Bertz CT molecular complexity index is 1260. The molecule has 1 unspecified atom stereocenters. The minimum Gasteiger partial charge on any atom is -0.462 e. The van der Waals surface area contributed by atoms with Gasteiger partial charge in [-0.3, -0.25) is 0 Å². The molecular formula is C30H28F4O. The number of halogens is 4. The molecule has 0 aromatic heterocycles. The highest BCUT2D eigenvalue weighted by atomic mass is 19.2. The van der Waals surface area contributed by atoms with Gasteiger partial charge in [-0.25, -0.2) is 13.2 Å². The molecule has 0 fully saturated rings. The summed E-state index contributed by atoms with van der Waals surface area (Å²) in [4.78, 5) is 0. The van der Waals surface area contributed by atoms with Crippen LogP contribution in [0.25, 0.3) is 27.8 Å². The quantitative estimate of drug-likeness (QED) is 0.242. The molecule has 3 aromatic rings. The number of rotatable bonds is 7. The van der Waals surface area contributed by atoms with Gasteiger partial charge in [0.2, 0.25) is 5.82 Å². The lowest BCUT2D eigenvalue weighted by atomic mass is 9.87. The van der Waals surface area contributed by atoms with Gasteiger partial charge in [-0.1, -0.05) is 62.7 Å². The zero-order valence-corrected chi connectivity index (χ0v) is 19.9. The molecule has 1 aliphatic carbocycles. The Balaban J connectivity index is 1.58. The van der Waals surface area contributed by atoms with Crippen molar-refractivity contribution in [2.45, 2.75) is 46.0 Å². The van der Waals surface area contributed by atoms with Crippen LogP contribution in [-0.4, -0.2) is 0 Å². The monoisotopic (exact) mass is 480 g/mol. The maximum atomic E-state index is 15.0. The Morgan fingerprint density at radius 1 is 0.800 bits per heavy atom. The molecule has 1 nitrogen and oxygen atoms in total. The van der Waals surface area contributed by atoms with E-state index < -0.39 is 23.3 Å². The van der Waals surface area contributed by atoms with Gasteiger partial charge < -0.3 is 4.74 Å². The van der Waals surface area contributed by atoms with Gasteiger partial charge in [0.1, 0.15) is 0 Å². The zero-order chi connectivity index (χ0) is 24.9. The summed E-state index contributed by atoms with van der Waals surface area (Å²) >= 11 is 0. The molecule has 35 heavy (non-hydrogen) atoms. The van der Waals surface area contributed by atoms with Crippen LogP contribution in [0.5, 0.6) is 5.75 Å². The van der Waals surface area contributed by atoms with Crippen molar-refractivity contribution in [3.8, 4) is 28.0 Å². The molecule has 0 heterocycles. The van der Waals surface area contributed by atoms with E-state index >= 15 is 0 Å². The highest BCUT2D eigenvalue weighted by molar-refractivity contribution is 5.74. The van der Waals surface area contributed by atoms with Crippen molar-refractivity contribution < 1.29 is 22.3 Å². The lowest BCUT2D eigenvalue weighted by Crippen LogP contribution is -2.04. The molecule has 0 N–H and O–H groups in total. The number of ether oxygens (including phenoxy) is 1. The molecule has 0 saturated heterocycles. The second-order valence-corrected chi connectivity index (χ2v) is 8.99. The van der Waals surface area contributed by atoms with Crippen LogP contribution < -0.4 is 4.74 Å². The molecule has 3 aromatic carbocycles. The second-order valence-electron chi connectivity index (χ2n) is 8.99. The van der Waals surface area contributed by atoms with Gasteiger partial charge in [0.05, 0.1) is 6.26 Å². The van der Waals surface area contributed by atoms with Crippen LogP contribution in [0, 0.1) is 29.2 Å². The molecule has 1 atom stereocenters. The Morgan fingerprint density at radius 3 is 1.97 bits per heavy atom. The van der Waals surface area contributed by atoms with E-state index in [1.165, 1.54) is 18.4 Å². The van der Waals surface area contributed by atoms with Crippen LogP contribution in [0.15, 0.2) is 66.9 Å². The van der Waals surface area contributed by atoms with E-state index in [0.717, 1.165) is 37.7 Å². The van der Waals surface area contributed by atoms with Crippen LogP contribution in [-0.2, 0) is 0 Å². The van der Waals surface area contributed by atoms with Crippen molar-refractivity contribution in [3.05, 3.63) is 95.8 Å². The molecule has 5 heteroatoms. The van der Waals surface area contributed by atoms with Gasteiger partial charge in [0.25, 0.3) is 0 Å². The number of allylic oxidation sites excluding steroid dienone is 3. The van der Waals surface area contributed by atoms with Crippen LogP contribution in [0.3, 0.4) is 0 Å². The summed E-state index contributed by atoms with van der Waals surface area (Å²) in [5, 5.41) is 0. The van der Waals surface area contributed by atoms with Crippen LogP contribution >= 0.6 is 0 Å². The summed E-state index contributed by atoms with van der Waals surface area (Å²) in [6, 6.07) is 12.3. The Morgan fingerprint density at radius 2 is 1.37 bits per heavy atom. The SMILES string of the molecule is CCC/C=C\Oc1ccc(-c2ccc(-c3ccc(C4=CCC(C)CC4)c(F)c3F)cc2)c(F)c1F. The van der Waals surface area contributed by atoms with Crippen LogP contribution in [0.4, 0.5) is 17.6 Å². The molecule has 0 spiro atoms. The maximum absolute atomic E-state index is 15.0. The predicted molar refractivity (Wildman–Crippen MR) is 133 cm³/mol. The van der Waals surface area contributed by atoms with Gasteiger partial charge in [-0.05, 0) is 66.5 Å². The van der Waals surface area contributed by atoms with Crippen molar-refractivity contribution in [2.24, 2.45) is 5.92 Å². The standard InChI is InChI=1S/C30H28F4O/c1-3-4-5-18-35-26-17-16-25(29(33)30(26)34)22-12-10-21(11-13-22)24-15-14-23(27(31)28(24)32)20-8-6-19(2)7-9-20/h5,8,10-19H,3-4,6-7,9H2,1-2H3/b18-5-. The first kappa shape index (κ1) is 24.8. The highest BCUT2D eigenvalue weighted by Gasteiger charge is 2.20. The van der Waals surface area contributed by atoms with Crippen LogP contribution in [0.1, 0.15) is 51.5 Å². The van der Waals surface area contributed by atoms with Gasteiger partial charge in [-0.2, -0.15) is 4.39 Å². The average Bonchev–Trinajstić information content (AvgIpc) is 2.87. The number of benzene rings is 3. The fourth-order valence-electron chi connectivity index (χ4n) is 4.26. The summed E-state index contributed by atoms with van der Waals surface area (Å²) in [6.45, 7) is 4.14. The minimum absolute atomic E-state index is 0.0550. The Hall–Kier alpha value is -3.34. The highest BCUT2D eigenvalue weighted by Crippen LogP contribution is 2.36. The molecule has 0 radical (unpaired) electrons. The molecule has 0 amide bonds. The Labute approximate surface area is 203 Å². The number of hydrogen-bond donors (Lipinski definition) is 0. The van der Waals surface area contributed by atoms with Crippen molar-refractivity contribution in [1.29, 1.82) is 0 Å². The third-order valence-corrected chi connectivity index (χ3v) is 6.40. The lowest BCUT2D eigenvalue weighted by molar-refractivity contribution is 0.414. The van der Waals surface area contributed by atoms with Crippen molar-refractivity contribution >= 4 is 5.57 Å². The lowest BCUT2D eigenvalue weighted by Gasteiger charge is -2.19. The molecule has 182 valence electrons. The normalized spacial score (nSPS) is 15.9. The third-order valence-electron chi connectivity index (χ3n) is 6.40. The van der Waals surface area contributed by atoms with E-state index in [9.17, 15) is 17.6 Å². The molecule has 1 aliphatic rings. The predicted octanol–water partition coefficient (Wildman–Crippen LogP) is 9.47. The minimum atomic E-state index is -1.08. The molecule has 4 rings (SSSR count). The maximum Gasteiger partial charge on any atom is 0.201 e. The van der Waals surface area contributed by atoms with E-state index in [1.807, 2.05) is 13.0 Å². The molecular weight excluding hydrogens is 452 g/mol. The average molecular weight is 481 g/mol. The van der Waals surface area contributed by atoms with Gasteiger partial charge in [0, 0.05) is 16.7 Å². The first-order chi connectivity index (χ1) is 16.9. The number of unbranched alkanes of at least 4 members (excludes halogenated alkanes) is 1. The zero-order valence-electron chi connectivity index (χ0n) is 19.9. The fourth-order valence-corrected chi connectivity index (χ4v) is 4.26. The van der Waals surface area contributed by atoms with Gasteiger partial charge in [0.15, 0.2) is 23.2 Å². The summed E-state index contributed by atoms with van der Waals surface area (Å²) < 4.78 is 64.3. The first-order valence-electron chi connectivity index (χ1n) is 12.0. The van der Waals surface area contributed by atoms with E-state index in [-0.39, 0.29) is 16.9 Å². The van der Waals surface area contributed by atoms with Crippen molar-refractivity contribution in [1.82, 2.24) is 0 Å². The van der Waals surface area contributed by atoms with E-state index in [4.69, 9.17) is 4.74 Å². The largest absolute Gasteiger partial charge is 0.462 e. The fraction of sp³-hybridized carbons (Fsp3) is 0.267. The second kappa shape index (κ2) is 10.9. The Kier molecular flexibility index (Phi) is 7.74. The van der Waals surface area contributed by atoms with Gasteiger partial charge >= 0.3 is 0 Å². The van der Waals surface area contributed by atoms with Crippen molar-refractivity contribution in [2.75, 3.05) is 0 Å². The summed E-state index contributed by atoms with van der Waals surface area (Å²) in [5.41, 5.74) is 2.18. The molecule has 0 aliphatic heterocycles. The van der Waals surface area contributed by atoms with Crippen LogP contribution in [0.2, 0.25) is 0 Å². The molecule has 0 bridgehead atoms. The van der Waals surface area contributed by atoms with E-state index in [0.29, 0.717) is 22.6 Å².